The third-order valence-electron chi connectivity index (χ3n) is 3.79. The van der Waals surface area contributed by atoms with Crippen LogP contribution >= 0.6 is 11.6 Å². The molecule has 21 heavy (non-hydrogen) atoms. The average Bonchev–Trinajstić information content (AvgIpc) is 2.78. The lowest BCUT2D eigenvalue weighted by Crippen LogP contribution is -2.35. The van der Waals surface area contributed by atoms with E-state index in [1.165, 1.54) is 0 Å². The van der Waals surface area contributed by atoms with E-state index in [1.807, 2.05) is 12.1 Å². The summed E-state index contributed by atoms with van der Waals surface area (Å²) in [6.45, 7) is 3.82. The Hall–Kier alpha value is -1.01. The molecule has 5 nitrogen and oxygen atoms in total. The van der Waals surface area contributed by atoms with E-state index in [4.69, 9.17) is 31.5 Å². The molecule has 0 amide bonds. The summed E-state index contributed by atoms with van der Waals surface area (Å²) in [5, 5.41) is 0.567. The Balaban J connectivity index is 2.33. The zero-order valence-electron chi connectivity index (χ0n) is 12.6. The van der Waals surface area contributed by atoms with Crippen molar-refractivity contribution in [2.45, 2.75) is 12.5 Å². The molecule has 2 N–H and O–H groups in total. The van der Waals surface area contributed by atoms with Crippen LogP contribution < -0.4 is 15.2 Å². The fourth-order valence-electron chi connectivity index (χ4n) is 2.71. The molecule has 1 fully saturated rings. The largest absolute Gasteiger partial charge is 0.493 e. The van der Waals surface area contributed by atoms with Crippen LogP contribution in [-0.4, -0.2) is 52.0 Å². The van der Waals surface area contributed by atoms with Crippen molar-refractivity contribution in [3.63, 3.8) is 0 Å². The smallest absolute Gasteiger partial charge is 0.179 e. The van der Waals surface area contributed by atoms with E-state index in [0.717, 1.165) is 38.3 Å². The molecule has 6 heteroatoms. The molecular weight excluding hydrogens is 292 g/mol. The minimum atomic E-state index is 0.0546. The highest BCUT2D eigenvalue weighted by atomic mass is 35.5. The van der Waals surface area contributed by atoms with Gasteiger partial charge in [-0.15, -0.1) is 0 Å². The summed E-state index contributed by atoms with van der Waals surface area (Å²) in [4.78, 5) is 2.32. The van der Waals surface area contributed by atoms with Crippen molar-refractivity contribution < 1.29 is 14.2 Å². The summed E-state index contributed by atoms with van der Waals surface area (Å²) in [7, 11) is 3.19. The van der Waals surface area contributed by atoms with Crippen molar-refractivity contribution in [1.82, 2.24) is 4.90 Å². The lowest BCUT2D eigenvalue weighted by molar-refractivity contribution is 0.132. The minimum absolute atomic E-state index is 0.0546. The predicted molar refractivity (Wildman–Crippen MR) is 83.4 cm³/mol. The van der Waals surface area contributed by atoms with Gasteiger partial charge in [0.1, 0.15) is 0 Å². The van der Waals surface area contributed by atoms with Gasteiger partial charge in [0, 0.05) is 32.3 Å². The van der Waals surface area contributed by atoms with Gasteiger partial charge in [0.2, 0.25) is 0 Å². The normalized spacial score (nSPS) is 18.1. The van der Waals surface area contributed by atoms with Gasteiger partial charge in [0.15, 0.2) is 11.5 Å². The van der Waals surface area contributed by atoms with Crippen molar-refractivity contribution in [2.24, 2.45) is 5.73 Å². The number of nitrogens with two attached hydrogens (primary N) is 1. The Morgan fingerprint density at radius 1 is 1.29 bits per heavy atom. The Kier molecular flexibility index (Phi) is 6.11. The van der Waals surface area contributed by atoms with Gasteiger partial charge in [-0.05, 0) is 18.1 Å². The van der Waals surface area contributed by atoms with E-state index in [-0.39, 0.29) is 6.04 Å². The highest BCUT2D eigenvalue weighted by molar-refractivity contribution is 6.33. The zero-order chi connectivity index (χ0) is 15.2. The van der Waals surface area contributed by atoms with E-state index >= 15 is 0 Å². The molecule has 1 aliphatic heterocycles. The van der Waals surface area contributed by atoms with Crippen LogP contribution in [0.5, 0.6) is 11.5 Å². The van der Waals surface area contributed by atoms with Crippen LogP contribution in [0.1, 0.15) is 18.0 Å². The van der Waals surface area contributed by atoms with Gasteiger partial charge in [-0.25, -0.2) is 0 Å². The highest BCUT2D eigenvalue weighted by Crippen LogP contribution is 2.40. The van der Waals surface area contributed by atoms with Gasteiger partial charge in [-0.1, -0.05) is 17.7 Å². The molecule has 1 heterocycles. The van der Waals surface area contributed by atoms with Crippen molar-refractivity contribution in [2.75, 3.05) is 47.1 Å². The number of benzene rings is 1. The molecule has 2 rings (SSSR count). The lowest BCUT2D eigenvalue weighted by Gasteiger charge is -2.30. The Morgan fingerprint density at radius 3 is 2.76 bits per heavy atom. The fraction of sp³-hybridized carbons (Fsp3) is 0.600. The Morgan fingerprint density at radius 2 is 2.10 bits per heavy atom. The molecule has 1 atom stereocenters. The monoisotopic (exact) mass is 314 g/mol. The average molecular weight is 315 g/mol. The molecule has 0 bridgehead atoms. The number of rotatable bonds is 5. The van der Waals surface area contributed by atoms with Gasteiger partial charge in [-0.2, -0.15) is 0 Å². The lowest BCUT2D eigenvalue weighted by atomic mass is 10.0. The fourth-order valence-corrected chi connectivity index (χ4v) is 3.07. The van der Waals surface area contributed by atoms with Crippen molar-refractivity contribution >= 4 is 11.6 Å². The maximum Gasteiger partial charge on any atom is 0.179 e. The summed E-state index contributed by atoms with van der Waals surface area (Å²) >= 11 is 6.51. The van der Waals surface area contributed by atoms with Gasteiger partial charge in [-0.3, -0.25) is 4.90 Å². The maximum absolute atomic E-state index is 6.51. The van der Waals surface area contributed by atoms with Gasteiger partial charge in [0.25, 0.3) is 0 Å². The maximum atomic E-state index is 6.51. The molecule has 1 aromatic carbocycles. The molecule has 0 aromatic heterocycles. The van der Waals surface area contributed by atoms with Crippen LogP contribution in [0, 0.1) is 0 Å². The second kappa shape index (κ2) is 7.84. The SMILES string of the molecule is COc1ccc(C(CN)N2CCCOCC2)c(Cl)c1OC. The molecule has 0 aliphatic carbocycles. The molecule has 0 spiro atoms. The van der Waals surface area contributed by atoms with Crippen molar-refractivity contribution in [3.05, 3.63) is 22.7 Å². The first-order valence-corrected chi connectivity index (χ1v) is 7.53. The molecule has 1 aromatic rings. The molecule has 1 aliphatic rings. The molecule has 1 unspecified atom stereocenters. The van der Waals surface area contributed by atoms with Crippen LogP contribution in [0.25, 0.3) is 0 Å². The molecule has 0 radical (unpaired) electrons. The third-order valence-corrected chi connectivity index (χ3v) is 4.18. The summed E-state index contributed by atoms with van der Waals surface area (Å²) in [6.07, 6.45) is 1.00. The zero-order valence-corrected chi connectivity index (χ0v) is 13.4. The topological polar surface area (TPSA) is 57.0 Å². The Bertz CT molecular complexity index is 462. The standard InChI is InChI=1S/C15H23ClN2O3/c1-19-13-5-4-11(14(16)15(13)20-2)12(10-17)18-6-3-8-21-9-7-18/h4-5,12H,3,6-10,17H2,1-2H3. The number of hydrogen-bond acceptors (Lipinski definition) is 5. The van der Waals surface area contributed by atoms with Crippen LogP contribution in [0.3, 0.4) is 0 Å². The number of hydrogen-bond donors (Lipinski definition) is 1. The number of methoxy groups -OCH3 is 2. The number of ether oxygens (including phenoxy) is 3. The highest BCUT2D eigenvalue weighted by Gasteiger charge is 2.25. The second-order valence-corrected chi connectivity index (χ2v) is 5.34. The van der Waals surface area contributed by atoms with Crippen molar-refractivity contribution in [3.8, 4) is 11.5 Å². The third kappa shape index (κ3) is 3.61. The summed E-state index contributed by atoms with van der Waals surface area (Å²) < 4.78 is 16.2. The summed E-state index contributed by atoms with van der Waals surface area (Å²) in [5.41, 5.74) is 6.98. The minimum Gasteiger partial charge on any atom is -0.493 e. The van der Waals surface area contributed by atoms with E-state index < -0.39 is 0 Å². The van der Waals surface area contributed by atoms with E-state index in [9.17, 15) is 0 Å². The quantitative estimate of drug-likeness (QED) is 0.902. The first-order valence-electron chi connectivity index (χ1n) is 7.15. The molecular formula is C15H23ClN2O3. The summed E-state index contributed by atoms with van der Waals surface area (Å²) in [5.74, 6) is 1.18. The predicted octanol–water partition coefficient (Wildman–Crippen LogP) is 2.08. The van der Waals surface area contributed by atoms with Gasteiger partial charge < -0.3 is 19.9 Å². The number of halogens is 1. The van der Waals surface area contributed by atoms with Crippen LogP contribution in [0.4, 0.5) is 0 Å². The molecule has 1 saturated heterocycles. The van der Waals surface area contributed by atoms with Crippen LogP contribution in [0.15, 0.2) is 12.1 Å². The van der Waals surface area contributed by atoms with Crippen molar-refractivity contribution in [1.29, 1.82) is 0 Å². The number of nitrogens with zero attached hydrogens (tertiary/aromatic N) is 1. The van der Waals surface area contributed by atoms with Gasteiger partial charge in [0.05, 0.1) is 25.8 Å². The summed E-state index contributed by atoms with van der Waals surface area (Å²) in [6, 6.07) is 3.89. The molecule has 118 valence electrons. The Labute approximate surface area is 130 Å². The van der Waals surface area contributed by atoms with Crippen LogP contribution in [-0.2, 0) is 4.74 Å². The molecule has 0 saturated carbocycles. The van der Waals surface area contributed by atoms with E-state index in [0.29, 0.717) is 23.1 Å². The first-order chi connectivity index (χ1) is 10.2. The van der Waals surface area contributed by atoms with E-state index in [1.54, 1.807) is 14.2 Å². The van der Waals surface area contributed by atoms with Crippen LogP contribution in [0.2, 0.25) is 5.02 Å². The first kappa shape index (κ1) is 16.4. The second-order valence-electron chi connectivity index (χ2n) is 4.96. The van der Waals surface area contributed by atoms with Gasteiger partial charge >= 0.3 is 0 Å². The van der Waals surface area contributed by atoms with E-state index in [2.05, 4.69) is 4.90 Å².